The minimum atomic E-state index is -4.45. The molecule has 1 aromatic heterocycles. The number of hydrogen-bond acceptors (Lipinski definition) is 4. The largest absolute Gasteiger partial charge is 0.489 e. The molecule has 10 heteroatoms. The van der Waals surface area contributed by atoms with Crippen LogP contribution in [0, 0.1) is 5.82 Å². The topological polar surface area (TPSA) is 76.8 Å². The molecule has 0 aliphatic heterocycles. The van der Waals surface area contributed by atoms with E-state index < -0.39 is 24.2 Å². The Morgan fingerprint density at radius 3 is 2.67 bits per heavy atom. The molecular weight excluding hydrogens is 335 g/mol. The quantitative estimate of drug-likeness (QED) is 0.787. The maximum Gasteiger partial charge on any atom is 0.396 e. The Morgan fingerprint density at radius 1 is 1.33 bits per heavy atom. The lowest BCUT2D eigenvalue weighted by atomic mass is 10.2. The zero-order chi connectivity index (χ0) is 17.7. The van der Waals surface area contributed by atoms with Gasteiger partial charge in [0.25, 0.3) is 0 Å². The van der Waals surface area contributed by atoms with Crippen LogP contribution < -0.4 is 10.5 Å². The summed E-state index contributed by atoms with van der Waals surface area (Å²) in [5, 5.41) is 5.69. The Hall–Kier alpha value is -2.49. The van der Waals surface area contributed by atoms with Gasteiger partial charge in [-0.25, -0.2) is 13.8 Å². The second-order valence-electron chi connectivity index (χ2n) is 4.80. The summed E-state index contributed by atoms with van der Waals surface area (Å²) in [6.45, 7) is -0.196. The molecule has 2 rings (SSSR count). The summed E-state index contributed by atoms with van der Waals surface area (Å²) in [5.74, 6) is -1.30. The van der Waals surface area contributed by atoms with Crippen molar-refractivity contribution >= 4 is 0 Å². The molecular formula is C14H13F5N4O. The highest BCUT2D eigenvalue weighted by Crippen LogP contribution is 2.25. The van der Waals surface area contributed by atoms with E-state index in [4.69, 9.17) is 10.5 Å². The second kappa shape index (κ2) is 7.39. The molecule has 0 fully saturated rings. The fraction of sp³-hybridized carbons (Fsp3) is 0.286. The van der Waals surface area contributed by atoms with Crippen LogP contribution in [0.4, 0.5) is 22.0 Å². The molecule has 3 N–H and O–H groups in total. The van der Waals surface area contributed by atoms with Gasteiger partial charge in [-0.05, 0) is 12.1 Å². The van der Waals surface area contributed by atoms with Gasteiger partial charge in [0.1, 0.15) is 30.4 Å². The zero-order valence-corrected chi connectivity index (χ0v) is 12.2. The molecule has 0 aliphatic rings. The summed E-state index contributed by atoms with van der Waals surface area (Å²) >= 11 is 0. The van der Waals surface area contributed by atoms with Crippen molar-refractivity contribution in [3.8, 4) is 17.1 Å². The van der Waals surface area contributed by atoms with Crippen molar-refractivity contribution in [2.24, 2.45) is 5.73 Å². The van der Waals surface area contributed by atoms with Crippen LogP contribution in [-0.2, 0) is 6.42 Å². The maximum atomic E-state index is 14.1. The fourth-order valence-corrected chi connectivity index (χ4v) is 1.76. The van der Waals surface area contributed by atoms with Crippen LogP contribution in [0.1, 0.15) is 5.82 Å². The monoisotopic (exact) mass is 348 g/mol. The first-order valence-corrected chi connectivity index (χ1v) is 6.71. The number of hydrogen-bond donors (Lipinski definition) is 2. The molecule has 1 aromatic carbocycles. The first-order valence-electron chi connectivity index (χ1n) is 6.71. The molecule has 0 aliphatic carbocycles. The van der Waals surface area contributed by atoms with Gasteiger partial charge in [0.2, 0.25) is 0 Å². The van der Waals surface area contributed by atoms with Gasteiger partial charge in [0, 0.05) is 18.2 Å². The molecule has 0 unspecified atom stereocenters. The van der Waals surface area contributed by atoms with Crippen molar-refractivity contribution in [1.29, 1.82) is 0 Å². The summed E-state index contributed by atoms with van der Waals surface area (Å²) in [7, 11) is 0. The van der Waals surface area contributed by atoms with Crippen molar-refractivity contribution in [3.63, 3.8) is 0 Å². The maximum absolute atomic E-state index is 14.1. The van der Waals surface area contributed by atoms with E-state index in [0.29, 0.717) is 6.33 Å². The van der Waals surface area contributed by atoms with Crippen molar-refractivity contribution in [1.82, 2.24) is 15.2 Å². The lowest BCUT2D eigenvalue weighted by Gasteiger charge is -2.08. The molecule has 24 heavy (non-hydrogen) atoms. The van der Waals surface area contributed by atoms with Crippen LogP contribution in [0.25, 0.3) is 11.4 Å². The highest BCUT2D eigenvalue weighted by molar-refractivity contribution is 5.57. The van der Waals surface area contributed by atoms with E-state index in [1.807, 2.05) is 0 Å². The lowest BCUT2D eigenvalue weighted by Crippen LogP contribution is -2.12. The highest BCUT2D eigenvalue weighted by atomic mass is 19.4. The van der Waals surface area contributed by atoms with E-state index in [1.165, 1.54) is 12.1 Å². The Balaban J connectivity index is 2.12. The standard InChI is InChI=1S/C14H13F5N4O/c15-5-8(6-20)7-24-9-1-2-10(11(16)3-9)13-21-12(22-23-13)4-14(17,18)19/h1-3,5H,4,6-7,20H2,(H,21,22,23)/b8-5-. The van der Waals surface area contributed by atoms with Gasteiger partial charge in [-0.2, -0.15) is 18.3 Å². The fourth-order valence-electron chi connectivity index (χ4n) is 1.76. The minimum Gasteiger partial charge on any atom is -0.489 e. The number of nitrogens with two attached hydrogens (primary N) is 1. The van der Waals surface area contributed by atoms with Gasteiger partial charge in [0.15, 0.2) is 5.82 Å². The van der Waals surface area contributed by atoms with E-state index in [0.717, 1.165) is 6.07 Å². The molecule has 2 aromatic rings. The summed E-state index contributed by atoms with van der Waals surface area (Å²) in [6.07, 6.45) is -5.43. The van der Waals surface area contributed by atoms with Crippen LogP contribution in [0.15, 0.2) is 30.1 Å². The molecule has 5 nitrogen and oxygen atoms in total. The number of rotatable bonds is 6. The van der Waals surface area contributed by atoms with Gasteiger partial charge in [-0.1, -0.05) is 0 Å². The first kappa shape index (κ1) is 17.9. The number of aromatic amines is 1. The minimum absolute atomic E-state index is 0.0454. The number of benzene rings is 1. The molecule has 0 saturated carbocycles. The number of halogens is 5. The summed E-state index contributed by atoms with van der Waals surface area (Å²) in [4.78, 5) is 3.61. The molecule has 0 atom stereocenters. The van der Waals surface area contributed by atoms with Crippen molar-refractivity contribution in [2.75, 3.05) is 13.2 Å². The molecule has 0 amide bonds. The number of nitrogens with zero attached hydrogens (tertiary/aromatic N) is 2. The predicted molar refractivity (Wildman–Crippen MR) is 75.3 cm³/mol. The SMILES string of the molecule is NC/C(=C/F)COc1ccc(-c2n[nH]c(CC(F)(F)F)n2)c(F)c1. The average Bonchev–Trinajstić information content (AvgIpc) is 2.94. The van der Waals surface area contributed by atoms with Crippen molar-refractivity contribution < 1.29 is 26.7 Å². The molecule has 0 saturated heterocycles. The Morgan fingerprint density at radius 2 is 2.08 bits per heavy atom. The van der Waals surface area contributed by atoms with Crippen molar-refractivity contribution in [3.05, 3.63) is 41.7 Å². The Bertz CT molecular complexity index is 726. The van der Waals surface area contributed by atoms with Gasteiger partial charge in [-0.15, -0.1) is 0 Å². The van der Waals surface area contributed by atoms with Crippen molar-refractivity contribution in [2.45, 2.75) is 12.6 Å². The molecule has 1 heterocycles. The van der Waals surface area contributed by atoms with E-state index in [-0.39, 0.29) is 35.9 Å². The number of alkyl halides is 3. The van der Waals surface area contributed by atoms with Crippen LogP contribution >= 0.6 is 0 Å². The smallest absolute Gasteiger partial charge is 0.396 e. The predicted octanol–water partition coefficient (Wildman–Crippen LogP) is 2.91. The van der Waals surface area contributed by atoms with Crippen LogP contribution in [0.3, 0.4) is 0 Å². The number of ether oxygens (including phenoxy) is 1. The van der Waals surface area contributed by atoms with E-state index in [9.17, 15) is 22.0 Å². The van der Waals surface area contributed by atoms with E-state index in [2.05, 4.69) is 15.2 Å². The normalized spacial score (nSPS) is 12.5. The van der Waals surface area contributed by atoms with Crippen LogP contribution in [0.2, 0.25) is 0 Å². The number of nitrogens with one attached hydrogen (secondary N) is 1. The third-order valence-corrected chi connectivity index (χ3v) is 2.92. The number of H-pyrrole nitrogens is 1. The number of aromatic nitrogens is 3. The van der Waals surface area contributed by atoms with Crippen LogP contribution in [-0.4, -0.2) is 34.5 Å². The van der Waals surface area contributed by atoms with Gasteiger partial charge in [-0.3, -0.25) is 5.10 Å². The third-order valence-electron chi connectivity index (χ3n) is 2.92. The second-order valence-corrected chi connectivity index (χ2v) is 4.80. The summed E-state index contributed by atoms with van der Waals surface area (Å²) in [6, 6.07) is 3.62. The zero-order valence-electron chi connectivity index (χ0n) is 12.2. The van der Waals surface area contributed by atoms with Gasteiger partial charge >= 0.3 is 6.18 Å². The first-order chi connectivity index (χ1) is 11.3. The van der Waals surface area contributed by atoms with Gasteiger partial charge in [0.05, 0.1) is 11.9 Å². The van der Waals surface area contributed by atoms with E-state index >= 15 is 0 Å². The van der Waals surface area contributed by atoms with Crippen LogP contribution in [0.5, 0.6) is 5.75 Å². The summed E-state index contributed by atoms with van der Waals surface area (Å²) in [5.41, 5.74) is 5.36. The third kappa shape index (κ3) is 4.75. The highest BCUT2D eigenvalue weighted by Gasteiger charge is 2.29. The Labute approximate surface area is 133 Å². The molecule has 0 bridgehead atoms. The summed E-state index contributed by atoms with van der Waals surface area (Å²) < 4.78 is 68.4. The Kier molecular flexibility index (Phi) is 5.50. The molecule has 0 radical (unpaired) electrons. The molecule has 130 valence electrons. The van der Waals surface area contributed by atoms with E-state index in [1.54, 1.807) is 0 Å². The lowest BCUT2D eigenvalue weighted by molar-refractivity contribution is -0.128. The van der Waals surface area contributed by atoms with Gasteiger partial charge < -0.3 is 10.5 Å². The molecule has 0 spiro atoms. The average molecular weight is 348 g/mol.